The molecule has 2 unspecified atom stereocenters. The van der Waals surface area contributed by atoms with Crippen molar-refractivity contribution in [2.45, 2.75) is 180 Å². The van der Waals surface area contributed by atoms with Crippen LogP contribution in [0.4, 0.5) is 0 Å². The summed E-state index contributed by atoms with van der Waals surface area (Å²) in [5.74, 6) is 2.81. The topological polar surface area (TPSA) is 302 Å². The van der Waals surface area contributed by atoms with Gasteiger partial charge in [-0.15, -0.1) is 0 Å². The van der Waals surface area contributed by atoms with Gasteiger partial charge in [-0.25, -0.2) is 4.79 Å². The van der Waals surface area contributed by atoms with E-state index >= 15 is 0 Å². The van der Waals surface area contributed by atoms with Crippen molar-refractivity contribution in [3.05, 3.63) is 288 Å². The average molecular weight is 1510 g/mol. The van der Waals surface area contributed by atoms with Crippen LogP contribution in [0.2, 0.25) is 5.02 Å². The number of fused-ring (bicyclic) bond motifs is 5. The lowest BCUT2D eigenvalue weighted by molar-refractivity contribution is -0.145. The van der Waals surface area contributed by atoms with E-state index in [0.29, 0.717) is 53.0 Å². The van der Waals surface area contributed by atoms with Gasteiger partial charge in [0.2, 0.25) is 0 Å². The highest BCUT2D eigenvalue weighted by molar-refractivity contribution is 6.30. The number of hydrogen-bond acceptors (Lipinski definition) is 17. The minimum atomic E-state index is -0.866. The Morgan fingerprint density at radius 2 is 0.782 bits per heavy atom. The predicted octanol–water partition coefficient (Wildman–Crippen LogP) is 15.8. The van der Waals surface area contributed by atoms with Gasteiger partial charge in [0, 0.05) is 84.6 Å². The van der Waals surface area contributed by atoms with Crippen molar-refractivity contribution in [2.75, 3.05) is 13.2 Å². The Bertz CT molecular complexity index is 4860. The minimum absolute atomic E-state index is 0.00893. The molecule has 0 radical (unpaired) electrons. The number of esters is 1. The summed E-state index contributed by atoms with van der Waals surface area (Å²) >= 11 is 5.91. The van der Waals surface area contributed by atoms with Crippen molar-refractivity contribution in [1.29, 1.82) is 0 Å². The van der Waals surface area contributed by atoms with Gasteiger partial charge in [0.05, 0.1) is 12.6 Å². The first-order chi connectivity index (χ1) is 53.9. The zero-order chi connectivity index (χ0) is 76.4. The van der Waals surface area contributed by atoms with Crippen molar-refractivity contribution < 1.29 is 56.1 Å². The van der Waals surface area contributed by atoms with Crippen LogP contribution < -0.4 is 26.6 Å². The number of halogens is 1. The molecule has 0 aliphatic heterocycles. The van der Waals surface area contributed by atoms with Gasteiger partial charge < -0.3 is 53.9 Å². The number of carbonyl (C=O) groups is 6. The summed E-state index contributed by atoms with van der Waals surface area (Å²) in [4.78, 5) is 74.2. The fraction of sp³-hybridized carbons (Fsp3) is 0.345. The average Bonchev–Trinajstić information content (AvgIpc) is 1.66. The van der Waals surface area contributed by atoms with Gasteiger partial charge in [0.1, 0.15) is 28.8 Å². The number of nitrogens with zero attached hydrogens (tertiary/aromatic N) is 5. The number of rotatable bonds is 20. The van der Waals surface area contributed by atoms with E-state index < -0.39 is 17.9 Å². The van der Waals surface area contributed by atoms with Crippen LogP contribution in [0.25, 0.3) is 11.1 Å². The second-order valence-electron chi connectivity index (χ2n) is 27.6. The molecule has 23 heteroatoms. The first kappa shape index (κ1) is 78.1. The van der Waals surface area contributed by atoms with Crippen molar-refractivity contribution in [1.82, 2.24) is 52.4 Å². The van der Waals surface area contributed by atoms with E-state index in [2.05, 4.69) is 89.6 Å². The lowest BCUT2D eigenvalue weighted by atomic mass is 9.96. The molecule has 570 valence electrons. The van der Waals surface area contributed by atoms with Crippen LogP contribution in [0.5, 0.6) is 0 Å². The molecule has 16 rings (SSSR count). The molecule has 2 atom stereocenters. The summed E-state index contributed by atoms with van der Waals surface area (Å²) in [6.45, 7) is 5.56. The second kappa shape index (κ2) is 39.5. The van der Waals surface area contributed by atoms with E-state index in [1.165, 1.54) is 5.56 Å². The summed E-state index contributed by atoms with van der Waals surface area (Å²) < 4.78 is 31.5. The maximum absolute atomic E-state index is 12.6. The summed E-state index contributed by atoms with van der Waals surface area (Å²) in [5, 5.41) is 35.0. The van der Waals surface area contributed by atoms with Gasteiger partial charge in [-0.05, 0) is 167 Å². The Balaban J connectivity index is 0.000000128. The van der Waals surface area contributed by atoms with Gasteiger partial charge in [-0.1, -0.05) is 202 Å². The first-order valence-corrected chi connectivity index (χ1v) is 38.8. The molecule has 5 aliphatic rings. The highest BCUT2D eigenvalue weighted by atomic mass is 35.5. The van der Waals surface area contributed by atoms with Crippen LogP contribution in [0, 0.1) is 0 Å². The number of aromatic nitrogens is 5. The Morgan fingerprint density at radius 3 is 1.24 bits per heavy atom. The van der Waals surface area contributed by atoms with Crippen molar-refractivity contribution in [3.63, 3.8) is 0 Å². The van der Waals surface area contributed by atoms with E-state index in [1.54, 1.807) is 25.1 Å². The quantitative estimate of drug-likeness (QED) is 0.0443. The molecule has 0 saturated carbocycles. The number of hydrogen-bond donors (Lipinski definition) is 5. The van der Waals surface area contributed by atoms with E-state index in [9.17, 15) is 28.8 Å². The number of nitrogens with one attached hydrogen (secondary N) is 5. The summed E-state index contributed by atoms with van der Waals surface area (Å²) in [7, 11) is 0. The molecule has 5 aromatic heterocycles. The number of carbonyl (C=O) groups excluding carboxylic acids is 6. The maximum atomic E-state index is 12.6. The number of benzene rings is 6. The normalized spacial score (nSPS) is 14.1. The zero-order valence-electron chi connectivity index (χ0n) is 62.2. The fourth-order valence-corrected chi connectivity index (χ4v) is 14.5. The highest BCUT2D eigenvalue weighted by Crippen LogP contribution is 2.31. The fourth-order valence-electron chi connectivity index (χ4n) is 14.3. The minimum Gasteiger partial charge on any atom is -0.464 e. The molecule has 0 fully saturated rings. The third-order valence-corrected chi connectivity index (χ3v) is 20.3. The van der Waals surface area contributed by atoms with Crippen LogP contribution in [-0.4, -0.2) is 74.4 Å². The third-order valence-electron chi connectivity index (χ3n) is 20.1. The molecule has 5 heterocycles. The summed E-state index contributed by atoms with van der Waals surface area (Å²) in [6.07, 6.45) is 21.2. The van der Waals surface area contributed by atoms with Crippen LogP contribution in [-0.2, 0) is 93.2 Å². The first-order valence-electron chi connectivity index (χ1n) is 38.4. The van der Waals surface area contributed by atoms with Crippen molar-refractivity contribution >= 4 is 47.1 Å². The van der Waals surface area contributed by atoms with Gasteiger partial charge in [-0.2, -0.15) is 0 Å². The molecule has 5 N–H and O–H groups in total. The number of amides is 5. The Morgan fingerprint density at radius 1 is 0.400 bits per heavy atom. The molecule has 110 heavy (non-hydrogen) atoms. The summed E-state index contributed by atoms with van der Waals surface area (Å²) in [5.41, 5.74) is 14.3. The van der Waals surface area contributed by atoms with Crippen LogP contribution >= 0.6 is 11.6 Å². The standard InChI is InChI=1S/C21H20N2O2.C18H20N2O4.C17H20N2O2.C16H18N2O2.C15H15ClN2O2/c24-21(20-18-12-6-7-13-19(18)25-23-20)22-14-16-10-4-5-11-17(16)15-8-2-1-3-9-15;1-2-23-18(22)15(12-8-4-3-5-9-12)19-17(21)16-13-10-6-7-11-14(13)24-20-16;1-2-14(12-8-4-3-5-9-12)18-17(20)16-13-10-6-7-11-15(13)21-19-16;19-16(17-11-10-12-6-2-1-3-7-12)15-13-8-4-5-9-14(13)20-18-15;16-11-5-3-4-10(8-11)9-17-15(19)14-12-6-1-2-7-13(12)20-18-14/h1-5,8-11H,6-7,12-14H2,(H,22,24);3-5,8-9,15H,2,6-7,10-11H2,1H3,(H,19,21);3-5,8-9,14H,2,6-7,10-11H2,1H3,(H,18,20);1-3,6-7H,4-5,8-11H2,(H,17,19);3-5,8H,1-2,6-7,9H2,(H,17,19). The molecule has 5 aliphatic carbocycles. The molecule has 0 bridgehead atoms. The SMILES string of the molecule is CCC(NC(=O)c1noc2c1CCCC2)c1ccccc1.CCOC(=O)C(NC(=O)c1noc2c1CCCC2)c1ccccc1.O=C(NCCc1ccccc1)c1noc2c1CCCC2.O=C(NCc1cccc(Cl)c1)c1noc2c1CCCC2.O=C(NCc1ccccc1-c1ccccc1)c1noc2c1CCCC2. The highest BCUT2D eigenvalue weighted by Gasteiger charge is 2.32. The molecule has 0 saturated heterocycles. The largest absolute Gasteiger partial charge is 0.464 e. The van der Waals surface area contributed by atoms with Crippen LogP contribution in [0.3, 0.4) is 0 Å². The third kappa shape index (κ3) is 20.6. The van der Waals surface area contributed by atoms with Crippen molar-refractivity contribution in [3.8, 4) is 11.1 Å². The Kier molecular flexibility index (Phi) is 28.1. The lowest BCUT2D eigenvalue weighted by Crippen LogP contribution is -2.35. The molecular weight excluding hydrogens is 1410 g/mol. The smallest absolute Gasteiger partial charge is 0.333 e. The van der Waals surface area contributed by atoms with E-state index in [-0.39, 0.29) is 42.0 Å². The summed E-state index contributed by atoms with van der Waals surface area (Å²) in [6, 6.07) is 54.1. The Labute approximate surface area is 644 Å². The van der Waals surface area contributed by atoms with Gasteiger partial charge in [0.15, 0.2) is 34.5 Å². The molecule has 0 spiro atoms. The number of aryl methyl sites for hydroxylation is 5. The number of ether oxygens (including phenoxy) is 1. The maximum Gasteiger partial charge on any atom is 0.333 e. The zero-order valence-corrected chi connectivity index (χ0v) is 63.0. The molecule has 6 aromatic carbocycles. The van der Waals surface area contributed by atoms with E-state index in [0.717, 1.165) is 226 Å². The van der Waals surface area contributed by atoms with E-state index in [4.69, 9.17) is 39.0 Å². The van der Waals surface area contributed by atoms with E-state index in [1.807, 2.05) is 121 Å². The lowest BCUT2D eigenvalue weighted by Gasteiger charge is -2.17. The Hall–Kier alpha value is -11.5. The molecule has 5 amide bonds. The van der Waals surface area contributed by atoms with Crippen molar-refractivity contribution in [2.24, 2.45) is 0 Å². The van der Waals surface area contributed by atoms with Gasteiger partial charge in [0.25, 0.3) is 29.5 Å². The molecular formula is C87H93ClN10O12. The van der Waals surface area contributed by atoms with Gasteiger partial charge in [-0.3, -0.25) is 24.0 Å². The molecule has 11 aromatic rings. The monoisotopic (exact) mass is 1500 g/mol. The molecule has 22 nitrogen and oxygen atoms in total. The van der Waals surface area contributed by atoms with Crippen LogP contribution in [0.15, 0.2) is 192 Å². The van der Waals surface area contributed by atoms with Crippen LogP contribution in [0.1, 0.15) is 233 Å². The van der Waals surface area contributed by atoms with Gasteiger partial charge >= 0.3 is 5.97 Å². The predicted molar refractivity (Wildman–Crippen MR) is 414 cm³/mol. The second-order valence-corrected chi connectivity index (χ2v) is 28.1.